The molecule has 0 saturated carbocycles. The van der Waals surface area contributed by atoms with Crippen molar-refractivity contribution in [2.45, 2.75) is 12.8 Å². The van der Waals surface area contributed by atoms with Gasteiger partial charge in [-0.15, -0.1) is 11.1 Å². The predicted octanol–water partition coefficient (Wildman–Crippen LogP) is 9.07. The second-order valence-electron chi connectivity index (χ2n) is 8.95. The van der Waals surface area contributed by atoms with Crippen LogP contribution in [-0.4, -0.2) is 6.88 Å². The first-order valence-electron chi connectivity index (χ1n) is 13.2. The summed E-state index contributed by atoms with van der Waals surface area (Å²) in [7, 11) is 0. The van der Waals surface area contributed by atoms with Gasteiger partial charge in [0.15, 0.2) is 0 Å². The smallest absolute Gasteiger partial charge is 0.0253 e. The van der Waals surface area contributed by atoms with E-state index in [9.17, 15) is 0 Å². The Morgan fingerprint density at radius 3 is 1.10 bits per heavy atom. The van der Waals surface area contributed by atoms with E-state index in [0.717, 1.165) is 12.8 Å². The van der Waals surface area contributed by atoms with Crippen LogP contribution < -0.4 is 0 Å². The van der Waals surface area contributed by atoms with E-state index in [4.69, 9.17) is 0 Å². The van der Waals surface area contributed by atoms with Gasteiger partial charge in [0.1, 0.15) is 0 Å². The van der Waals surface area contributed by atoms with Gasteiger partial charge in [0, 0.05) is 0 Å². The van der Waals surface area contributed by atoms with Gasteiger partial charge >= 0.3 is 30.2 Å². The van der Waals surface area contributed by atoms with Crippen LogP contribution in [0.3, 0.4) is 0 Å². The molecule has 0 N–H and O–H groups in total. The third-order valence-corrected chi connectivity index (χ3v) is 6.45. The first-order valence-corrected chi connectivity index (χ1v) is 19.2. The van der Waals surface area contributed by atoms with Crippen molar-refractivity contribution >= 4 is 6.88 Å². The van der Waals surface area contributed by atoms with Gasteiger partial charge in [-0.2, -0.15) is 132 Å². The Kier molecular flexibility index (Phi) is 16.1. The molecule has 0 amide bonds. The quantitative estimate of drug-likeness (QED) is 0.115. The molecule has 42 heavy (non-hydrogen) atoms. The van der Waals surface area contributed by atoms with Gasteiger partial charge in [-0.3, -0.25) is 0 Å². The van der Waals surface area contributed by atoms with Crippen LogP contribution in [0.15, 0.2) is 146 Å². The van der Waals surface area contributed by atoms with Crippen molar-refractivity contribution in [2.24, 2.45) is 0 Å². The largest absolute Gasteiger partial charge is 0.184 e. The summed E-state index contributed by atoms with van der Waals surface area (Å²) in [6.45, 7) is 1.95. The van der Waals surface area contributed by atoms with E-state index in [2.05, 4.69) is 97.1 Å². The summed E-state index contributed by atoms with van der Waals surface area (Å²) in [6, 6.07) is 61.2. The molecule has 6 aromatic rings. The molecule has 2 aliphatic rings. The molecule has 0 fully saturated rings. The number of hydrogen-bond donors (Lipinski definition) is 0. The van der Waals surface area contributed by atoms with Crippen molar-refractivity contribution in [3.05, 3.63) is 207 Å². The summed E-state index contributed by atoms with van der Waals surface area (Å²) in [5.41, 5.74) is 11.0. The molecular weight excluding hydrogens is 600 g/mol. The van der Waals surface area contributed by atoms with Crippen LogP contribution in [-0.2, 0) is 36.2 Å². The van der Waals surface area contributed by atoms with Crippen LogP contribution in [0.25, 0.3) is 22.3 Å². The first-order chi connectivity index (χ1) is 19.9. The molecular formula is C40H36SiZr-6. The van der Waals surface area contributed by atoms with Crippen LogP contribution in [0.1, 0.15) is 22.3 Å². The summed E-state index contributed by atoms with van der Waals surface area (Å²) >= 11 is 1.58. The van der Waals surface area contributed by atoms with E-state index in [1.54, 1.807) is 23.3 Å². The molecule has 0 bridgehead atoms. The minimum absolute atomic E-state index is 0. The molecule has 0 heterocycles. The molecule has 2 heteroatoms. The maximum Gasteiger partial charge on any atom is -0.0253 e. The Morgan fingerprint density at radius 1 is 0.405 bits per heavy atom. The zero-order chi connectivity index (χ0) is 27.8. The number of hydrogen-bond acceptors (Lipinski definition) is 0. The predicted molar refractivity (Wildman–Crippen MR) is 179 cm³/mol. The Morgan fingerprint density at radius 2 is 0.762 bits per heavy atom. The second kappa shape index (κ2) is 19.5. The number of rotatable bonds is 0. The molecule has 0 spiro atoms. The first kappa shape index (κ1) is 34.6. The number of benzene rings is 6. The molecule has 8 rings (SSSR count). The van der Waals surface area contributed by atoms with Gasteiger partial charge in [-0.25, -0.2) is 0 Å². The fraction of sp³-hybridized carbons (Fsp3) is 0.0500. The van der Waals surface area contributed by atoms with Crippen molar-refractivity contribution in [3.8, 4) is 22.3 Å². The van der Waals surface area contributed by atoms with Crippen molar-refractivity contribution < 1.29 is 23.3 Å². The third kappa shape index (κ3) is 9.76. The molecule has 0 unspecified atom stereocenters. The van der Waals surface area contributed by atoms with Crippen LogP contribution in [0.2, 0.25) is 0 Å². The maximum absolute atomic E-state index is 3.30. The van der Waals surface area contributed by atoms with Gasteiger partial charge in [0.25, 0.3) is 0 Å². The summed E-state index contributed by atoms with van der Waals surface area (Å²) < 4.78 is 0. The monoisotopic (exact) mass is 634 g/mol. The fourth-order valence-electron chi connectivity index (χ4n) is 4.68. The Bertz CT molecular complexity index is 1320. The van der Waals surface area contributed by atoms with Crippen LogP contribution in [0, 0.1) is 39.1 Å². The van der Waals surface area contributed by atoms with Crippen molar-refractivity contribution in [1.82, 2.24) is 0 Å². The Balaban J connectivity index is 0.000000200. The molecule has 0 saturated heterocycles. The summed E-state index contributed by atoms with van der Waals surface area (Å²) in [4.78, 5) is 0. The summed E-state index contributed by atoms with van der Waals surface area (Å²) in [5.74, 6) is 0. The van der Waals surface area contributed by atoms with Crippen molar-refractivity contribution in [1.29, 1.82) is 0 Å². The summed E-state index contributed by atoms with van der Waals surface area (Å²) in [6.07, 6.45) is 2.10. The van der Waals surface area contributed by atoms with E-state index in [1.165, 1.54) is 44.5 Å². The SMILES string of the molecule is [CH3-].[CH3-].[SiH2]=[Zr].[c-]1cccc2c1Cc1ccccc1-2.[c-]1cccc2c1Cc1ccccc1-2.[c-]1ccccc1.[c-]1ccccc1. The van der Waals surface area contributed by atoms with Crippen molar-refractivity contribution in [2.75, 3.05) is 0 Å². The van der Waals surface area contributed by atoms with Gasteiger partial charge in [0.2, 0.25) is 0 Å². The van der Waals surface area contributed by atoms with E-state index < -0.39 is 0 Å². The standard InChI is InChI=1S/2C13H9.2C6H5.2CH3.H2Si.Zr/c2*1-3-7-12-10(5-1)9-11-6-2-4-8-13(11)12;2*1-2-4-6-5-3-1;;;;/h2*1-5,7-8H,9H2;2*1-5H;2*1H3;1H2;/q6*-1;;. The fourth-order valence-corrected chi connectivity index (χ4v) is 4.68. The van der Waals surface area contributed by atoms with Crippen LogP contribution in [0.4, 0.5) is 0 Å². The molecule has 0 aromatic heterocycles. The summed E-state index contributed by atoms with van der Waals surface area (Å²) in [5, 5.41) is 0. The molecule has 0 radical (unpaired) electrons. The second-order valence-corrected chi connectivity index (χ2v) is 8.95. The minimum atomic E-state index is 0. The zero-order valence-corrected chi connectivity index (χ0v) is 28.3. The molecule has 0 nitrogen and oxygen atoms in total. The van der Waals surface area contributed by atoms with Crippen LogP contribution >= 0.6 is 0 Å². The van der Waals surface area contributed by atoms with Gasteiger partial charge in [-0.05, 0) is 12.8 Å². The zero-order valence-electron chi connectivity index (χ0n) is 24.5. The Hall–Kier alpha value is -3.58. The van der Waals surface area contributed by atoms with Gasteiger partial charge in [0.05, 0.1) is 0 Å². The third-order valence-electron chi connectivity index (χ3n) is 6.45. The Labute approximate surface area is 270 Å². The van der Waals surface area contributed by atoms with E-state index in [1.807, 2.05) is 79.7 Å². The van der Waals surface area contributed by atoms with Crippen molar-refractivity contribution in [3.63, 3.8) is 0 Å². The molecule has 210 valence electrons. The van der Waals surface area contributed by atoms with Crippen LogP contribution in [0.5, 0.6) is 0 Å². The minimum Gasteiger partial charge on any atom is -0.184 e. The molecule has 0 aliphatic heterocycles. The molecule has 2 aliphatic carbocycles. The molecule has 0 atom stereocenters. The van der Waals surface area contributed by atoms with Gasteiger partial charge in [-0.1, -0.05) is 70.8 Å². The van der Waals surface area contributed by atoms with E-state index in [0.29, 0.717) is 0 Å². The topological polar surface area (TPSA) is 0 Å². The van der Waals surface area contributed by atoms with E-state index in [-0.39, 0.29) is 14.9 Å². The average Bonchev–Trinajstić information content (AvgIpc) is 3.63. The van der Waals surface area contributed by atoms with E-state index >= 15 is 0 Å². The maximum atomic E-state index is 3.30. The van der Waals surface area contributed by atoms with Gasteiger partial charge < -0.3 is 14.9 Å². The average molecular weight is 636 g/mol. The normalized spacial score (nSPS) is 9.98. The number of fused-ring (bicyclic) bond motifs is 6. The molecule has 6 aromatic carbocycles.